The van der Waals surface area contributed by atoms with Crippen LogP contribution in [0.3, 0.4) is 0 Å². The number of carbonyl (C=O) groups excluding carboxylic acids is 1. The van der Waals surface area contributed by atoms with Crippen LogP contribution in [0.4, 0.5) is 0 Å². The van der Waals surface area contributed by atoms with Crippen molar-refractivity contribution in [3.63, 3.8) is 0 Å². The van der Waals surface area contributed by atoms with Crippen molar-refractivity contribution in [3.8, 4) is 0 Å². The van der Waals surface area contributed by atoms with Crippen molar-refractivity contribution in [2.24, 2.45) is 0 Å². The second kappa shape index (κ2) is 9.28. The first-order chi connectivity index (χ1) is 7.72. The zero-order chi connectivity index (χ0) is 12.0. The molecule has 17 heavy (non-hydrogen) atoms. The molecule has 1 rings (SSSR count). The minimum atomic E-state index is -0.383. The van der Waals surface area contributed by atoms with Crippen LogP contribution in [0.15, 0.2) is 24.3 Å². The maximum absolute atomic E-state index is 11.5. The third-order valence-electron chi connectivity index (χ3n) is 2.17. The van der Waals surface area contributed by atoms with Gasteiger partial charge in [0.15, 0.2) is 5.78 Å². The molecule has 0 aliphatic carbocycles. The summed E-state index contributed by atoms with van der Waals surface area (Å²) in [5.41, 5.74) is 1.58. The van der Waals surface area contributed by atoms with Crippen molar-refractivity contribution >= 4 is 30.1 Å². The van der Waals surface area contributed by atoms with Crippen LogP contribution in [0.1, 0.15) is 10.4 Å². The maximum atomic E-state index is 11.5. The summed E-state index contributed by atoms with van der Waals surface area (Å²) >= 11 is 1.28. The van der Waals surface area contributed by atoms with Crippen LogP contribution in [-0.2, 0) is 42.0 Å². The standard InChI is InChI=1S/C11H14BO3S.Y/c1-14-12(15-2)10-6-4-9(5-7-10)11(13)8-16-3;/h4-7H,3,8H2,1-2H3;/q-1;. The van der Waals surface area contributed by atoms with E-state index in [4.69, 9.17) is 9.31 Å². The third kappa shape index (κ3) is 5.23. The van der Waals surface area contributed by atoms with Crippen LogP contribution < -0.4 is 5.46 Å². The Morgan fingerprint density at radius 3 is 2.24 bits per heavy atom. The second-order valence-corrected chi connectivity index (χ2v) is 3.89. The number of ketones is 1. The molecule has 3 nitrogen and oxygen atoms in total. The van der Waals surface area contributed by atoms with Gasteiger partial charge in [0, 0.05) is 58.2 Å². The van der Waals surface area contributed by atoms with Crippen molar-refractivity contribution in [3.05, 3.63) is 36.1 Å². The predicted molar refractivity (Wildman–Crippen MR) is 68.0 cm³/mol. The number of thioether (sulfide) groups is 1. The molecule has 0 aromatic heterocycles. The fourth-order valence-electron chi connectivity index (χ4n) is 1.37. The SMILES string of the molecule is [CH2-]SCC(=O)c1ccc(B(OC)OC)cc1.[Y]. The van der Waals surface area contributed by atoms with Gasteiger partial charge < -0.3 is 21.1 Å². The molecule has 0 aliphatic rings. The number of Topliss-reactive ketones (excluding diaryl/α,β-unsaturated/α-hetero) is 1. The van der Waals surface area contributed by atoms with E-state index in [9.17, 15) is 4.79 Å². The van der Waals surface area contributed by atoms with Crippen LogP contribution in [0.5, 0.6) is 0 Å². The Kier molecular flexibility index (Phi) is 9.46. The van der Waals surface area contributed by atoms with E-state index in [1.165, 1.54) is 11.8 Å². The summed E-state index contributed by atoms with van der Waals surface area (Å²) in [7, 11) is 2.77. The molecule has 1 aromatic rings. The molecule has 0 spiro atoms. The van der Waals surface area contributed by atoms with Gasteiger partial charge in [-0.1, -0.05) is 24.3 Å². The van der Waals surface area contributed by atoms with E-state index >= 15 is 0 Å². The number of benzene rings is 1. The van der Waals surface area contributed by atoms with E-state index in [2.05, 4.69) is 6.26 Å². The van der Waals surface area contributed by atoms with E-state index in [0.29, 0.717) is 11.3 Å². The number of hydrogen-bond acceptors (Lipinski definition) is 4. The van der Waals surface area contributed by atoms with E-state index < -0.39 is 0 Å². The van der Waals surface area contributed by atoms with Crippen molar-refractivity contribution in [1.29, 1.82) is 0 Å². The minimum absolute atomic E-state index is 0. The van der Waals surface area contributed by atoms with Crippen LogP contribution in [0.25, 0.3) is 0 Å². The smallest absolute Gasteiger partial charge is 0.410 e. The molecule has 6 heteroatoms. The Bertz CT molecular complexity index is 341. The monoisotopic (exact) mass is 326 g/mol. The summed E-state index contributed by atoms with van der Waals surface area (Å²) in [6.07, 6.45) is 3.58. The normalized spacial score (nSPS) is 9.59. The average molecular weight is 326 g/mol. The van der Waals surface area contributed by atoms with E-state index in [-0.39, 0.29) is 45.6 Å². The van der Waals surface area contributed by atoms with Gasteiger partial charge in [-0.2, -0.15) is 0 Å². The van der Waals surface area contributed by atoms with E-state index in [0.717, 1.165) is 5.46 Å². The second-order valence-electron chi connectivity index (χ2n) is 3.20. The van der Waals surface area contributed by atoms with Gasteiger partial charge in [0.25, 0.3) is 0 Å². The van der Waals surface area contributed by atoms with Gasteiger partial charge >= 0.3 is 7.12 Å². The molecule has 0 unspecified atom stereocenters. The Morgan fingerprint density at radius 1 is 1.29 bits per heavy atom. The molecule has 89 valence electrons. The zero-order valence-corrected chi connectivity index (χ0v) is 13.7. The molecular weight excluding hydrogens is 312 g/mol. The summed E-state index contributed by atoms with van der Waals surface area (Å²) in [6.45, 7) is 0. The van der Waals surface area contributed by atoms with Crippen LogP contribution >= 0.6 is 11.8 Å². The molecular formula is C11H14BO3SY-. The van der Waals surface area contributed by atoms with E-state index in [1.807, 2.05) is 12.1 Å². The van der Waals surface area contributed by atoms with Gasteiger partial charge in [0.05, 0.1) is 0 Å². The van der Waals surface area contributed by atoms with Crippen molar-refractivity contribution in [1.82, 2.24) is 0 Å². The maximum Gasteiger partial charge on any atom is 0.493 e. The Balaban J connectivity index is 0.00000256. The zero-order valence-electron chi connectivity index (χ0n) is 10.0. The first-order valence-electron chi connectivity index (χ1n) is 4.78. The fourth-order valence-corrected chi connectivity index (χ4v) is 1.72. The topological polar surface area (TPSA) is 35.5 Å². The number of rotatable bonds is 6. The van der Waals surface area contributed by atoms with Gasteiger partial charge in [0.2, 0.25) is 0 Å². The summed E-state index contributed by atoms with van der Waals surface area (Å²) in [4.78, 5) is 11.5. The Labute approximate surface area is 132 Å². The number of hydrogen-bond donors (Lipinski definition) is 0. The van der Waals surface area contributed by atoms with Crippen molar-refractivity contribution in [2.75, 3.05) is 20.0 Å². The summed E-state index contributed by atoms with van der Waals surface area (Å²) < 4.78 is 10.2. The van der Waals surface area contributed by atoms with Gasteiger partial charge in [-0.25, -0.2) is 0 Å². The molecule has 0 aliphatic heterocycles. The molecule has 1 radical (unpaired) electrons. The van der Waals surface area contributed by atoms with Crippen LogP contribution in [0, 0.1) is 6.26 Å². The molecule has 0 fully saturated rings. The molecule has 0 atom stereocenters. The largest absolute Gasteiger partial charge is 0.493 e. The van der Waals surface area contributed by atoms with Gasteiger partial charge in [-0.05, 0) is 5.46 Å². The first kappa shape index (κ1) is 17.3. The Hall–Kier alpha value is 0.329. The van der Waals surface area contributed by atoms with Gasteiger partial charge in [0.1, 0.15) is 0 Å². The third-order valence-corrected chi connectivity index (χ3v) is 2.63. The van der Waals surface area contributed by atoms with Crippen LogP contribution in [0.2, 0.25) is 0 Å². The summed E-state index contributed by atoms with van der Waals surface area (Å²) in [5, 5.41) is 0. The Morgan fingerprint density at radius 2 is 1.82 bits per heavy atom. The molecule has 0 saturated heterocycles. The van der Waals surface area contributed by atoms with Gasteiger partial charge in [-0.3, -0.25) is 11.1 Å². The average Bonchev–Trinajstić information content (AvgIpc) is 2.32. The molecule has 0 heterocycles. The fraction of sp³-hybridized carbons (Fsp3) is 0.273. The summed E-state index contributed by atoms with van der Waals surface area (Å²) in [6, 6.07) is 7.22. The van der Waals surface area contributed by atoms with Gasteiger partial charge in [-0.15, -0.1) is 0 Å². The molecule has 0 bridgehead atoms. The predicted octanol–water partition coefficient (Wildman–Crippen LogP) is 1.38. The van der Waals surface area contributed by atoms with E-state index in [1.54, 1.807) is 26.4 Å². The molecule has 0 N–H and O–H groups in total. The molecule has 0 amide bonds. The minimum Gasteiger partial charge on any atom is -0.410 e. The summed E-state index contributed by atoms with van der Waals surface area (Å²) in [5.74, 6) is 0.482. The quantitative estimate of drug-likeness (QED) is 0.450. The van der Waals surface area contributed by atoms with Crippen LogP contribution in [-0.4, -0.2) is 32.9 Å². The first-order valence-corrected chi connectivity index (χ1v) is 5.94. The molecule has 0 saturated carbocycles. The molecule has 1 aromatic carbocycles. The number of carbonyl (C=O) groups is 1. The van der Waals surface area contributed by atoms with Crippen molar-refractivity contribution in [2.45, 2.75) is 0 Å². The van der Waals surface area contributed by atoms with Crippen molar-refractivity contribution < 1.29 is 46.8 Å².